The fraction of sp³-hybridized carbons (Fsp3) is 0.381. The van der Waals surface area contributed by atoms with Gasteiger partial charge in [0.15, 0.2) is 17.6 Å². The van der Waals surface area contributed by atoms with Crippen LogP contribution < -0.4 is 14.8 Å². The molecule has 0 aliphatic carbocycles. The van der Waals surface area contributed by atoms with E-state index in [0.29, 0.717) is 32.8 Å². The molecule has 0 aromatic heterocycles. The number of hydrogen-bond donors (Lipinski definition) is 1. The number of carbonyl (C=O) groups is 1. The number of benzene rings is 2. The number of rotatable bonds is 7. The lowest BCUT2D eigenvalue weighted by Crippen LogP contribution is -2.47. The first-order valence-corrected chi connectivity index (χ1v) is 9.17. The quantitative estimate of drug-likeness (QED) is 0.813. The van der Waals surface area contributed by atoms with Gasteiger partial charge in [0, 0.05) is 20.2 Å². The summed E-state index contributed by atoms with van der Waals surface area (Å²) in [7, 11) is 1.67. The maximum Gasteiger partial charge on any atom is 0.317 e. The molecule has 2 amide bonds. The van der Waals surface area contributed by atoms with Crippen LogP contribution >= 0.6 is 0 Å². The van der Waals surface area contributed by atoms with Crippen molar-refractivity contribution in [2.45, 2.75) is 26.2 Å². The number of para-hydroxylation sites is 2. The Kier molecular flexibility index (Phi) is 6.54. The molecule has 6 heteroatoms. The van der Waals surface area contributed by atoms with Crippen molar-refractivity contribution in [1.82, 2.24) is 10.2 Å². The van der Waals surface area contributed by atoms with Crippen LogP contribution in [0.5, 0.6) is 11.5 Å². The van der Waals surface area contributed by atoms with Crippen LogP contribution in [0, 0.1) is 0 Å². The van der Waals surface area contributed by atoms with Crippen LogP contribution in [0.1, 0.15) is 18.1 Å². The monoisotopic (exact) mass is 370 g/mol. The van der Waals surface area contributed by atoms with Gasteiger partial charge < -0.3 is 24.4 Å². The van der Waals surface area contributed by atoms with E-state index in [1.807, 2.05) is 55.5 Å². The zero-order valence-electron chi connectivity index (χ0n) is 15.8. The molecule has 1 atom stereocenters. The third-order valence-corrected chi connectivity index (χ3v) is 4.41. The number of hydrogen-bond acceptors (Lipinski definition) is 4. The molecule has 2 aromatic rings. The summed E-state index contributed by atoms with van der Waals surface area (Å²) in [5.74, 6) is 1.47. The molecule has 1 aliphatic heterocycles. The van der Waals surface area contributed by atoms with Gasteiger partial charge in [0.2, 0.25) is 0 Å². The van der Waals surface area contributed by atoms with Crippen molar-refractivity contribution in [3.8, 4) is 11.5 Å². The number of nitrogens with one attached hydrogen (secondary N) is 1. The summed E-state index contributed by atoms with van der Waals surface area (Å²) in [6.45, 7) is 4.48. The minimum Gasteiger partial charge on any atom is -0.486 e. The third-order valence-electron chi connectivity index (χ3n) is 4.41. The summed E-state index contributed by atoms with van der Waals surface area (Å²) in [6.07, 6.45) is -0.185. The molecule has 0 radical (unpaired) electrons. The zero-order chi connectivity index (χ0) is 19.1. The highest BCUT2D eigenvalue weighted by molar-refractivity contribution is 5.74. The van der Waals surface area contributed by atoms with Crippen molar-refractivity contribution in [3.63, 3.8) is 0 Å². The van der Waals surface area contributed by atoms with Crippen LogP contribution in [0.15, 0.2) is 48.5 Å². The summed E-state index contributed by atoms with van der Waals surface area (Å²) in [5.41, 5.74) is 2.13. The average molecular weight is 370 g/mol. The Morgan fingerprint density at radius 1 is 1.19 bits per heavy atom. The molecular formula is C21H26N2O4. The van der Waals surface area contributed by atoms with Gasteiger partial charge in [0.25, 0.3) is 0 Å². The van der Waals surface area contributed by atoms with E-state index in [4.69, 9.17) is 14.2 Å². The van der Waals surface area contributed by atoms with Crippen molar-refractivity contribution in [2.75, 3.05) is 26.8 Å². The Balaban J connectivity index is 1.53. The van der Waals surface area contributed by atoms with Crippen molar-refractivity contribution >= 4 is 6.03 Å². The van der Waals surface area contributed by atoms with Gasteiger partial charge in [-0.1, -0.05) is 36.4 Å². The lowest BCUT2D eigenvalue weighted by atomic mass is 10.1. The number of methoxy groups -OCH3 is 1. The van der Waals surface area contributed by atoms with Crippen LogP contribution in [0.4, 0.5) is 4.79 Å². The van der Waals surface area contributed by atoms with Gasteiger partial charge in [0.1, 0.15) is 6.61 Å². The molecule has 1 heterocycles. The van der Waals surface area contributed by atoms with Gasteiger partial charge in [-0.25, -0.2) is 4.79 Å². The summed E-state index contributed by atoms with van der Waals surface area (Å²) in [4.78, 5) is 14.3. The van der Waals surface area contributed by atoms with Crippen LogP contribution in [-0.4, -0.2) is 43.8 Å². The number of carbonyl (C=O) groups excluding carboxylic acids is 1. The Bertz CT molecular complexity index is 765. The van der Waals surface area contributed by atoms with Crippen molar-refractivity contribution in [1.29, 1.82) is 0 Å². The SMILES string of the molecule is CCN(C[C@H]1COc2ccccc2O1)C(=O)NCc1cccc(COC)c1. The van der Waals surface area contributed by atoms with Gasteiger partial charge in [0.05, 0.1) is 13.2 Å². The maximum atomic E-state index is 12.6. The van der Waals surface area contributed by atoms with E-state index in [9.17, 15) is 4.79 Å². The molecule has 3 rings (SSSR count). The largest absolute Gasteiger partial charge is 0.486 e. The summed E-state index contributed by atoms with van der Waals surface area (Å²) < 4.78 is 16.8. The van der Waals surface area contributed by atoms with Gasteiger partial charge in [-0.3, -0.25) is 0 Å². The fourth-order valence-electron chi connectivity index (χ4n) is 3.04. The highest BCUT2D eigenvalue weighted by Gasteiger charge is 2.24. The number of likely N-dealkylation sites (N-methyl/N-ethyl adjacent to an activating group) is 1. The highest BCUT2D eigenvalue weighted by atomic mass is 16.6. The van der Waals surface area contributed by atoms with Crippen LogP contribution in [0.2, 0.25) is 0 Å². The molecule has 1 N–H and O–H groups in total. The zero-order valence-corrected chi connectivity index (χ0v) is 15.8. The van der Waals surface area contributed by atoms with Crippen LogP contribution in [-0.2, 0) is 17.9 Å². The molecule has 0 fully saturated rings. The van der Waals surface area contributed by atoms with E-state index in [1.54, 1.807) is 12.0 Å². The van der Waals surface area contributed by atoms with Crippen molar-refractivity contribution in [2.24, 2.45) is 0 Å². The first-order chi connectivity index (χ1) is 13.2. The van der Waals surface area contributed by atoms with E-state index in [-0.39, 0.29) is 12.1 Å². The average Bonchev–Trinajstić information content (AvgIpc) is 2.70. The van der Waals surface area contributed by atoms with Gasteiger partial charge in [-0.05, 0) is 30.2 Å². The molecule has 2 aromatic carbocycles. The molecule has 0 spiro atoms. The number of urea groups is 1. The van der Waals surface area contributed by atoms with Crippen molar-refractivity contribution in [3.05, 3.63) is 59.7 Å². The molecule has 1 aliphatic rings. The van der Waals surface area contributed by atoms with E-state index in [0.717, 1.165) is 22.6 Å². The lowest BCUT2D eigenvalue weighted by Gasteiger charge is -2.31. The molecule has 0 saturated heterocycles. The number of amides is 2. The maximum absolute atomic E-state index is 12.6. The molecule has 0 unspecified atom stereocenters. The number of nitrogens with zero attached hydrogens (tertiary/aromatic N) is 1. The minimum absolute atomic E-state index is 0.114. The predicted octanol–water partition coefficient (Wildman–Crippen LogP) is 3.20. The van der Waals surface area contributed by atoms with E-state index in [1.165, 1.54) is 0 Å². The van der Waals surface area contributed by atoms with Crippen LogP contribution in [0.25, 0.3) is 0 Å². The summed E-state index contributed by atoms with van der Waals surface area (Å²) in [5, 5.41) is 2.98. The Labute approximate surface area is 160 Å². The molecule has 144 valence electrons. The Hall–Kier alpha value is -2.73. The fourth-order valence-corrected chi connectivity index (χ4v) is 3.04. The normalized spacial score (nSPS) is 15.3. The second-order valence-electron chi connectivity index (χ2n) is 6.45. The third kappa shape index (κ3) is 5.14. The van der Waals surface area contributed by atoms with E-state index in [2.05, 4.69) is 5.32 Å². The second-order valence-corrected chi connectivity index (χ2v) is 6.45. The smallest absolute Gasteiger partial charge is 0.317 e. The molecule has 6 nitrogen and oxygen atoms in total. The molecular weight excluding hydrogens is 344 g/mol. The van der Waals surface area contributed by atoms with Crippen LogP contribution in [0.3, 0.4) is 0 Å². The Morgan fingerprint density at radius 2 is 1.96 bits per heavy atom. The highest BCUT2D eigenvalue weighted by Crippen LogP contribution is 2.31. The minimum atomic E-state index is -0.185. The summed E-state index contributed by atoms with van der Waals surface area (Å²) in [6, 6.07) is 15.5. The number of ether oxygens (including phenoxy) is 3. The van der Waals surface area contributed by atoms with Gasteiger partial charge in [-0.15, -0.1) is 0 Å². The lowest BCUT2D eigenvalue weighted by molar-refractivity contribution is 0.0675. The first-order valence-electron chi connectivity index (χ1n) is 9.17. The second kappa shape index (κ2) is 9.28. The predicted molar refractivity (Wildman–Crippen MR) is 103 cm³/mol. The molecule has 27 heavy (non-hydrogen) atoms. The van der Waals surface area contributed by atoms with E-state index >= 15 is 0 Å². The molecule has 0 bridgehead atoms. The Morgan fingerprint density at radius 3 is 2.74 bits per heavy atom. The van der Waals surface area contributed by atoms with Crippen molar-refractivity contribution < 1.29 is 19.0 Å². The van der Waals surface area contributed by atoms with Gasteiger partial charge in [-0.2, -0.15) is 0 Å². The summed E-state index contributed by atoms with van der Waals surface area (Å²) >= 11 is 0. The number of fused-ring (bicyclic) bond motifs is 1. The van der Waals surface area contributed by atoms with Gasteiger partial charge >= 0.3 is 6.03 Å². The molecule has 0 saturated carbocycles. The topological polar surface area (TPSA) is 60.0 Å². The standard InChI is InChI=1S/C21H26N2O4/c1-3-23(13-18-15-26-19-9-4-5-10-20(19)27-18)21(24)22-12-16-7-6-8-17(11-16)14-25-2/h4-11,18H,3,12-15H2,1-2H3,(H,22,24)/t18-/m0/s1. The first kappa shape index (κ1) is 19.0. The van der Waals surface area contributed by atoms with E-state index < -0.39 is 0 Å².